The minimum atomic E-state index is -0.680. The van der Waals surface area contributed by atoms with E-state index >= 15 is 0 Å². The second-order valence-electron chi connectivity index (χ2n) is 12.1. The third kappa shape index (κ3) is 7.71. The first-order valence-electron chi connectivity index (χ1n) is 14.4. The molecule has 1 amide bonds. The summed E-state index contributed by atoms with van der Waals surface area (Å²) in [6, 6.07) is 6.14. The van der Waals surface area contributed by atoms with Crippen LogP contribution >= 0.6 is 0 Å². The molecule has 1 aromatic carbocycles. The third-order valence-electron chi connectivity index (χ3n) is 7.39. The number of hydrogen-bond acceptors (Lipinski definition) is 6. The first-order valence-corrected chi connectivity index (χ1v) is 14.4. The summed E-state index contributed by atoms with van der Waals surface area (Å²) in [4.78, 5) is 35.1. The van der Waals surface area contributed by atoms with Crippen molar-refractivity contribution >= 4 is 28.9 Å². The number of fused-ring (bicyclic) bond motifs is 1. The number of aromatic nitrogens is 2. The normalized spacial score (nSPS) is 14.9. The molecule has 0 atom stereocenters. The van der Waals surface area contributed by atoms with Crippen LogP contribution in [0.15, 0.2) is 18.2 Å². The molecule has 0 saturated carbocycles. The van der Waals surface area contributed by atoms with Crippen molar-refractivity contribution in [1.82, 2.24) is 19.4 Å². The SMILES string of the molecule is COC(=O)CNc1nc2ccc(C(C)(C)C(=O)N(CC(C)C)CC(C)C)cc2n1CCCN1CCCCC1. The highest BCUT2D eigenvalue weighted by Crippen LogP contribution is 2.31. The molecule has 1 aliphatic rings. The molecule has 0 unspecified atom stereocenters. The lowest BCUT2D eigenvalue weighted by Crippen LogP contribution is -2.46. The van der Waals surface area contributed by atoms with Crippen molar-refractivity contribution in [3.63, 3.8) is 0 Å². The maximum absolute atomic E-state index is 13.9. The highest BCUT2D eigenvalue weighted by atomic mass is 16.5. The number of carbonyl (C=O) groups excluding carboxylic acids is 2. The number of benzene rings is 1. The van der Waals surface area contributed by atoms with Gasteiger partial charge in [-0.1, -0.05) is 40.2 Å². The summed E-state index contributed by atoms with van der Waals surface area (Å²) in [6.07, 6.45) is 4.86. The fourth-order valence-corrected chi connectivity index (χ4v) is 5.37. The molecule has 1 fully saturated rings. The average molecular weight is 528 g/mol. The van der Waals surface area contributed by atoms with Crippen LogP contribution in [0.4, 0.5) is 5.95 Å². The van der Waals surface area contributed by atoms with Crippen LogP contribution in [-0.2, 0) is 26.3 Å². The van der Waals surface area contributed by atoms with E-state index in [4.69, 9.17) is 9.72 Å². The zero-order chi connectivity index (χ0) is 27.9. The van der Waals surface area contributed by atoms with E-state index in [0.717, 1.165) is 49.2 Å². The predicted molar refractivity (Wildman–Crippen MR) is 154 cm³/mol. The number of methoxy groups -OCH3 is 1. The van der Waals surface area contributed by atoms with Crippen LogP contribution in [0, 0.1) is 11.8 Å². The number of piperidine rings is 1. The molecular weight excluding hydrogens is 478 g/mol. The van der Waals surface area contributed by atoms with Crippen molar-refractivity contribution in [2.24, 2.45) is 11.8 Å². The van der Waals surface area contributed by atoms with Gasteiger partial charge in [0.05, 0.1) is 23.6 Å². The first-order chi connectivity index (χ1) is 18.0. The number of anilines is 1. The minimum absolute atomic E-state index is 0.0577. The van der Waals surface area contributed by atoms with Crippen LogP contribution < -0.4 is 5.32 Å². The third-order valence-corrected chi connectivity index (χ3v) is 7.39. The summed E-state index contributed by atoms with van der Waals surface area (Å²) in [5.41, 5.74) is 2.13. The Hall–Kier alpha value is -2.61. The Labute approximate surface area is 229 Å². The van der Waals surface area contributed by atoms with Crippen LogP contribution in [0.25, 0.3) is 11.0 Å². The minimum Gasteiger partial charge on any atom is -0.468 e. The average Bonchev–Trinajstić information content (AvgIpc) is 3.23. The Morgan fingerprint density at radius 3 is 2.32 bits per heavy atom. The number of nitrogens with zero attached hydrogens (tertiary/aromatic N) is 4. The van der Waals surface area contributed by atoms with Gasteiger partial charge in [0, 0.05) is 19.6 Å². The van der Waals surface area contributed by atoms with Crippen LogP contribution in [0.5, 0.6) is 0 Å². The van der Waals surface area contributed by atoms with Crippen molar-refractivity contribution < 1.29 is 14.3 Å². The van der Waals surface area contributed by atoms with Gasteiger partial charge in [-0.25, -0.2) is 4.98 Å². The van der Waals surface area contributed by atoms with Gasteiger partial charge in [0.25, 0.3) is 0 Å². The molecule has 1 N–H and O–H groups in total. The Morgan fingerprint density at radius 2 is 1.71 bits per heavy atom. The van der Waals surface area contributed by atoms with Crippen LogP contribution in [0.3, 0.4) is 0 Å². The molecule has 2 heterocycles. The summed E-state index contributed by atoms with van der Waals surface area (Å²) in [5.74, 6) is 1.28. The zero-order valence-electron chi connectivity index (χ0n) is 24.7. The van der Waals surface area contributed by atoms with E-state index in [-0.39, 0.29) is 18.4 Å². The lowest BCUT2D eigenvalue weighted by atomic mass is 9.82. The molecular formula is C30H49N5O3. The fraction of sp³-hybridized carbons (Fsp3) is 0.700. The number of aryl methyl sites for hydroxylation is 1. The summed E-state index contributed by atoms with van der Waals surface area (Å²) in [5, 5.41) is 3.17. The number of rotatable bonds is 13. The van der Waals surface area contributed by atoms with E-state index in [9.17, 15) is 9.59 Å². The number of esters is 1. The van der Waals surface area contributed by atoms with Gasteiger partial charge in [-0.3, -0.25) is 9.59 Å². The van der Waals surface area contributed by atoms with E-state index in [2.05, 4.69) is 48.5 Å². The quantitative estimate of drug-likeness (QED) is 0.373. The molecule has 1 saturated heterocycles. The second-order valence-corrected chi connectivity index (χ2v) is 12.1. The summed E-state index contributed by atoms with van der Waals surface area (Å²) < 4.78 is 6.99. The molecule has 0 bridgehead atoms. The topological polar surface area (TPSA) is 79.7 Å². The highest BCUT2D eigenvalue weighted by Gasteiger charge is 2.35. The molecule has 2 aromatic rings. The Bertz CT molecular complexity index is 1060. The molecule has 0 aliphatic carbocycles. The number of hydrogen-bond donors (Lipinski definition) is 1. The van der Waals surface area contributed by atoms with Gasteiger partial charge in [-0.2, -0.15) is 0 Å². The molecule has 0 radical (unpaired) electrons. The summed E-state index contributed by atoms with van der Waals surface area (Å²) >= 11 is 0. The Morgan fingerprint density at radius 1 is 1.05 bits per heavy atom. The maximum atomic E-state index is 13.9. The van der Waals surface area contributed by atoms with Gasteiger partial charge in [0.1, 0.15) is 6.54 Å². The van der Waals surface area contributed by atoms with Crippen LogP contribution in [0.2, 0.25) is 0 Å². The molecule has 1 aliphatic heterocycles. The van der Waals surface area contributed by atoms with Gasteiger partial charge in [-0.15, -0.1) is 0 Å². The first kappa shape index (κ1) is 29.9. The van der Waals surface area contributed by atoms with Crippen molar-refractivity contribution in [1.29, 1.82) is 0 Å². The van der Waals surface area contributed by atoms with E-state index in [1.165, 1.54) is 39.5 Å². The molecule has 3 rings (SSSR count). The Balaban J connectivity index is 1.91. The highest BCUT2D eigenvalue weighted by molar-refractivity contribution is 5.89. The molecule has 8 heteroatoms. The number of nitrogens with one attached hydrogen (secondary N) is 1. The number of imidazole rings is 1. The van der Waals surface area contributed by atoms with Crippen molar-refractivity contribution in [3.05, 3.63) is 23.8 Å². The van der Waals surface area contributed by atoms with E-state index in [1.807, 2.05) is 30.9 Å². The zero-order valence-corrected chi connectivity index (χ0v) is 24.7. The second kappa shape index (κ2) is 13.5. The van der Waals surface area contributed by atoms with Crippen molar-refractivity contribution in [2.45, 2.75) is 79.2 Å². The smallest absolute Gasteiger partial charge is 0.325 e. The number of amides is 1. The summed E-state index contributed by atoms with van der Waals surface area (Å²) in [7, 11) is 1.39. The molecule has 0 spiro atoms. The molecule has 8 nitrogen and oxygen atoms in total. The van der Waals surface area contributed by atoms with E-state index in [0.29, 0.717) is 17.8 Å². The van der Waals surface area contributed by atoms with Gasteiger partial charge in [0.2, 0.25) is 11.9 Å². The molecule has 38 heavy (non-hydrogen) atoms. The maximum Gasteiger partial charge on any atom is 0.325 e. The number of carbonyl (C=O) groups is 2. The van der Waals surface area contributed by atoms with Gasteiger partial charge >= 0.3 is 5.97 Å². The standard InChI is InChI=1S/C30H49N5O3/c1-22(2)20-34(21-23(3)4)28(37)30(5,6)24-12-13-25-26(18-24)35(29(32-25)31-19-27(36)38-7)17-11-16-33-14-9-8-10-15-33/h12-13,18,22-23H,8-11,14-17,19-21H2,1-7H3,(H,31,32). The van der Waals surface area contributed by atoms with Gasteiger partial charge in [0.15, 0.2) is 0 Å². The lowest BCUT2D eigenvalue weighted by Gasteiger charge is -2.34. The lowest BCUT2D eigenvalue weighted by molar-refractivity contribution is -0.138. The predicted octanol–water partition coefficient (Wildman–Crippen LogP) is 4.92. The van der Waals surface area contributed by atoms with Crippen LogP contribution in [0.1, 0.15) is 72.8 Å². The van der Waals surface area contributed by atoms with Crippen LogP contribution in [-0.4, -0.2) is 77.6 Å². The number of likely N-dealkylation sites (tertiary alicyclic amines) is 1. The van der Waals surface area contributed by atoms with Crippen molar-refractivity contribution in [2.75, 3.05) is 51.7 Å². The fourth-order valence-electron chi connectivity index (χ4n) is 5.37. The van der Waals surface area contributed by atoms with Gasteiger partial charge < -0.3 is 24.4 Å². The van der Waals surface area contributed by atoms with Crippen molar-refractivity contribution in [3.8, 4) is 0 Å². The largest absolute Gasteiger partial charge is 0.468 e. The Kier molecular flexibility index (Phi) is 10.6. The monoisotopic (exact) mass is 527 g/mol. The van der Waals surface area contributed by atoms with E-state index in [1.54, 1.807) is 0 Å². The van der Waals surface area contributed by atoms with Gasteiger partial charge in [-0.05, 0) is 82.3 Å². The number of ether oxygens (including phenoxy) is 1. The molecule has 212 valence electrons. The molecule has 1 aromatic heterocycles. The van der Waals surface area contributed by atoms with E-state index < -0.39 is 5.41 Å². The summed E-state index contributed by atoms with van der Waals surface area (Å²) in [6.45, 7) is 18.4.